The fourth-order valence-corrected chi connectivity index (χ4v) is 13.5. The molecule has 55 heavy (non-hydrogen) atoms. The largest absolute Gasteiger partial charge is 0.483 e. The molecule has 5 aliphatic rings. The summed E-state index contributed by atoms with van der Waals surface area (Å²) in [5.41, 5.74) is 3.16. The minimum absolute atomic E-state index is 0.0432. The Balaban J connectivity index is 0.00000187. The molecule has 10 atom stereocenters. The monoisotopic (exact) mass is 782 g/mol. The van der Waals surface area contributed by atoms with Gasteiger partial charge in [0.05, 0.1) is 17.4 Å². The first-order chi connectivity index (χ1) is 25.7. The van der Waals surface area contributed by atoms with Gasteiger partial charge < -0.3 is 20.3 Å². The van der Waals surface area contributed by atoms with Gasteiger partial charge in [0.15, 0.2) is 5.78 Å². The Hall–Kier alpha value is -2.40. The standard InChI is InChI=1S/C44H68N2O5S.CH2O2/c1-27(2)38-32(47)24-44(35(48)26-46-23-19-28-10-12-29(13-11-28)52(45)50)22-16-31-30(39(38)44)14-15-34-42(31,8)20-17-33-41(6,7)36(18-21-43(33,34)9)51-37(49)25-40(3,4)5;2-1-3/h10-13,27,30-31,33-36,46,48H,14-26,45H2,1-9H3;1H,(H,2,3). The zero-order valence-electron chi connectivity index (χ0n) is 35.0. The van der Waals surface area contributed by atoms with Crippen LogP contribution in [-0.4, -0.2) is 57.9 Å². The third-order valence-electron chi connectivity index (χ3n) is 15.3. The second-order valence-electron chi connectivity index (χ2n) is 20.3. The van der Waals surface area contributed by atoms with E-state index in [9.17, 15) is 18.9 Å². The third kappa shape index (κ3) is 8.31. The predicted molar refractivity (Wildman–Crippen MR) is 217 cm³/mol. The fourth-order valence-electron chi connectivity index (χ4n) is 13.0. The molecule has 1 aromatic carbocycles. The van der Waals surface area contributed by atoms with Crippen molar-refractivity contribution in [3.63, 3.8) is 0 Å². The number of fused-ring (bicyclic) bond motifs is 7. The lowest BCUT2D eigenvalue weighted by atomic mass is 9.36. The van der Waals surface area contributed by atoms with Gasteiger partial charge >= 0.3 is 5.97 Å². The molecule has 5 N–H and O–H groups in total. The summed E-state index contributed by atoms with van der Waals surface area (Å²) in [6.07, 6.45) is 9.50. The first-order valence-electron chi connectivity index (χ1n) is 20.8. The van der Waals surface area contributed by atoms with Gasteiger partial charge in [-0.15, -0.1) is 0 Å². The number of hydrogen-bond donors (Lipinski definition) is 4. The van der Waals surface area contributed by atoms with Gasteiger partial charge in [-0.05, 0) is 133 Å². The molecule has 0 aromatic heterocycles. The predicted octanol–water partition coefficient (Wildman–Crippen LogP) is 7.80. The summed E-state index contributed by atoms with van der Waals surface area (Å²) in [5.74, 6) is 2.26. The van der Waals surface area contributed by atoms with E-state index in [0.717, 1.165) is 62.5 Å². The Morgan fingerprint density at radius 2 is 1.64 bits per heavy atom. The molecular weight excluding hydrogens is 713 g/mol. The number of carboxylic acid groups (broad SMARTS) is 1. The minimum atomic E-state index is -1.48. The van der Waals surface area contributed by atoms with E-state index in [1.54, 1.807) is 0 Å². The molecule has 0 bridgehead atoms. The summed E-state index contributed by atoms with van der Waals surface area (Å²) in [5, 5.41) is 28.0. The SMILES string of the molecule is CC(C)C1=C2C3CCC4C(C)(CCC5C(C)(C)C(OC(=O)CC(C)(C)C)CCC54C)C3CCC2(C(O)CNCCc2ccc(S(N)=O)cc2)CC1=O.O=CO. The van der Waals surface area contributed by atoms with Crippen LogP contribution in [-0.2, 0) is 36.5 Å². The van der Waals surface area contributed by atoms with Crippen molar-refractivity contribution >= 4 is 29.2 Å². The molecule has 0 saturated heterocycles. The number of ketones is 1. The van der Waals surface area contributed by atoms with E-state index < -0.39 is 22.5 Å². The Bertz CT molecular complexity index is 1630. The molecule has 1 aromatic rings. The number of Topliss-reactive ketones (excluding diaryl/α,β-unsaturated/α-hetero) is 1. The lowest BCUT2D eigenvalue weighted by molar-refractivity contribution is -0.214. The summed E-state index contributed by atoms with van der Waals surface area (Å²) in [7, 11) is -1.48. The fraction of sp³-hybridized carbons (Fsp3) is 0.756. The molecule has 4 fully saturated rings. The number of carbonyl (C=O) groups is 3. The van der Waals surface area contributed by atoms with E-state index >= 15 is 0 Å². The molecule has 10 unspecified atom stereocenters. The molecular formula is C45H70N2O7S. The quantitative estimate of drug-likeness (QED) is 0.107. The second-order valence-corrected chi connectivity index (χ2v) is 21.4. The molecule has 0 aliphatic heterocycles. The summed E-state index contributed by atoms with van der Waals surface area (Å²) < 4.78 is 17.9. The van der Waals surface area contributed by atoms with Crippen LogP contribution in [0.3, 0.4) is 0 Å². The highest BCUT2D eigenvalue weighted by molar-refractivity contribution is 7.82. The number of carbonyl (C=O) groups excluding carboxylic acids is 2. The number of nitrogens with one attached hydrogen (secondary N) is 1. The average molecular weight is 783 g/mol. The van der Waals surface area contributed by atoms with Gasteiger partial charge in [0.25, 0.3) is 6.47 Å². The molecule has 0 heterocycles. The molecule has 0 radical (unpaired) electrons. The second kappa shape index (κ2) is 16.5. The molecule has 10 heteroatoms. The van der Waals surface area contributed by atoms with Gasteiger partial charge in [-0.3, -0.25) is 14.4 Å². The highest BCUT2D eigenvalue weighted by atomic mass is 32.2. The van der Waals surface area contributed by atoms with Crippen molar-refractivity contribution < 1.29 is 33.5 Å². The molecule has 6 rings (SSSR count). The van der Waals surface area contributed by atoms with Crippen molar-refractivity contribution in [2.45, 2.75) is 150 Å². The van der Waals surface area contributed by atoms with Crippen LogP contribution in [0.25, 0.3) is 0 Å². The van der Waals surface area contributed by atoms with Crippen molar-refractivity contribution in [1.82, 2.24) is 5.32 Å². The van der Waals surface area contributed by atoms with Crippen LogP contribution < -0.4 is 10.5 Å². The topological polar surface area (TPSA) is 156 Å². The summed E-state index contributed by atoms with van der Waals surface area (Å²) in [4.78, 5) is 36.0. The van der Waals surface area contributed by atoms with E-state index in [1.165, 1.54) is 12.0 Å². The molecule has 9 nitrogen and oxygen atoms in total. The number of hydrogen-bond acceptors (Lipinski definition) is 7. The highest BCUT2D eigenvalue weighted by Gasteiger charge is 2.67. The maximum absolute atomic E-state index is 14.0. The van der Waals surface area contributed by atoms with Crippen molar-refractivity contribution in [2.75, 3.05) is 13.1 Å². The number of aliphatic hydroxyl groups is 1. The van der Waals surface area contributed by atoms with Crippen molar-refractivity contribution in [1.29, 1.82) is 0 Å². The van der Waals surface area contributed by atoms with Crippen LogP contribution in [0.4, 0.5) is 0 Å². The summed E-state index contributed by atoms with van der Waals surface area (Å²) in [6.45, 7) is 21.5. The van der Waals surface area contributed by atoms with Gasteiger partial charge in [-0.25, -0.2) is 9.35 Å². The number of ether oxygens (including phenoxy) is 1. The maximum Gasteiger partial charge on any atom is 0.306 e. The molecule has 4 saturated carbocycles. The number of rotatable bonds is 10. The average Bonchev–Trinajstić information content (AvgIpc) is 3.41. The molecule has 308 valence electrons. The van der Waals surface area contributed by atoms with Gasteiger partial charge in [-0.2, -0.15) is 0 Å². The van der Waals surface area contributed by atoms with Crippen LogP contribution in [0.2, 0.25) is 0 Å². The Labute approximate surface area is 333 Å². The van der Waals surface area contributed by atoms with Crippen molar-refractivity contribution in [3.05, 3.63) is 41.0 Å². The van der Waals surface area contributed by atoms with E-state index in [1.807, 2.05) is 24.3 Å². The molecule has 5 aliphatic carbocycles. The Morgan fingerprint density at radius 3 is 2.24 bits per heavy atom. The van der Waals surface area contributed by atoms with Crippen molar-refractivity contribution in [3.8, 4) is 0 Å². The smallest absolute Gasteiger partial charge is 0.306 e. The lowest BCUT2D eigenvalue weighted by Crippen LogP contribution is -2.63. The van der Waals surface area contributed by atoms with Gasteiger partial charge in [-0.1, -0.05) is 80.0 Å². The van der Waals surface area contributed by atoms with E-state index in [-0.39, 0.29) is 51.9 Å². The van der Waals surface area contributed by atoms with Crippen LogP contribution in [0.1, 0.15) is 132 Å². The number of esters is 1. The third-order valence-corrected chi connectivity index (χ3v) is 16.0. The van der Waals surface area contributed by atoms with Gasteiger partial charge in [0.2, 0.25) is 0 Å². The highest BCUT2D eigenvalue weighted by Crippen LogP contribution is 2.73. The number of allylic oxidation sites excluding steroid dienone is 1. The zero-order chi connectivity index (χ0) is 40.7. The normalized spacial score (nSPS) is 35.0. The van der Waals surface area contributed by atoms with Crippen LogP contribution >= 0.6 is 0 Å². The van der Waals surface area contributed by atoms with Gasteiger partial charge in [0.1, 0.15) is 17.1 Å². The number of benzene rings is 1. The molecule has 0 amide bonds. The summed E-state index contributed by atoms with van der Waals surface area (Å²) in [6, 6.07) is 7.55. The number of aliphatic hydroxyl groups excluding tert-OH is 1. The van der Waals surface area contributed by atoms with Gasteiger partial charge in [0, 0.05) is 23.8 Å². The van der Waals surface area contributed by atoms with Crippen LogP contribution in [0, 0.1) is 56.7 Å². The molecule has 0 spiro atoms. The maximum atomic E-state index is 14.0. The van der Waals surface area contributed by atoms with Crippen LogP contribution in [0.5, 0.6) is 0 Å². The lowest BCUT2D eigenvalue weighted by Gasteiger charge is -2.69. The van der Waals surface area contributed by atoms with E-state index in [0.29, 0.717) is 54.5 Å². The first-order valence-corrected chi connectivity index (χ1v) is 22.1. The van der Waals surface area contributed by atoms with E-state index in [2.05, 4.69) is 67.6 Å². The Kier molecular flexibility index (Phi) is 13.1. The first kappa shape index (κ1) is 43.7. The number of nitrogens with two attached hydrogens (primary N) is 1. The van der Waals surface area contributed by atoms with Crippen molar-refractivity contribution in [2.24, 2.45) is 61.8 Å². The van der Waals surface area contributed by atoms with Crippen LogP contribution in [0.15, 0.2) is 40.3 Å². The summed E-state index contributed by atoms with van der Waals surface area (Å²) >= 11 is 0. The minimum Gasteiger partial charge on any atom is -0.483 e. The zero-order valence-corrected chi connectivity index (χ0v) is 35.9. The Morgan fingerprint density at radius 1 is 1.00 bits per heavy atom. The van der Waals surface area contributed by atoms with E-state index in [4.69, 9.17) is 19.8 Å².